The number of carbonyl (C=O) groups is 1. The first-order chi connectivity index (χ1) is 11.2. The summed E-state index contributed by atoms with van der Waals surface area (Å²) in [5, 5.41) is 3.23. The Morgan fingerprint density at radius 1 is 0.957 bits per heavy atom. The van der Waals surface area contributed by atoms with E-state index in [2.05, 4.69) is 5.32 Å². The van der Waals surface area contributed by atoms with Crippen LogP contribution in [0.1, 0.15) is 15.9 Å². The summed E-state index contributed by atoms with van der Waals surface area (Å²) in [4.78, 5) is 12.5. The highest BCUT2D eigenvalue weighted by atomic mass is 35.5. The van der Waals surface area contributed by atoms with Crippen molar-refractivity contribution in [3.05, 3.63) is 46.5 Å². The van der Waals surface area contributed by atoms with Crippen LogP contribution < -0.4 is 19.5 Å². The lowest BCUT2D eigenvalue weighted by Gasteiger charge is -2.20. The highest BCUT2D eigenvalue weighted by molar-refractivity contribution is 6.34. The SMILES string of the molecule is O=C(Nc1cc2c(cc1Cl)OCCO2)c1ccc2c(c1)CCO2. The maximum atomic E-state index is 12.5. The van der Waals surface area contributed by atoms with E-state index in [4.69, 9.17) is 25.8 Å². The lowest BCUT2D eigenvalue weighted by molar-refractivity contribution is 0.102. The molecule has 0 saturated carbocycles. The highest BCUT2D eigenvalue weighted by Gasteiger charge is 2.18. The Hall–Kier alpha value is -2.40. The molecular formula is C17H14ClNO4. The average Bonchev–Trinajstić information content (AvgIpc) is 3.03. The summed E-state index contributed by atoms with van der Waals surface area (Å²) >= 11 is 6.22. The van der Waals surface area contributed by atoms with Gasteiger partial charge in [0, 0.05) is 24.1 Å². The molecule has 2 heterocycles. The van der Waals surface area contributed by atoms with Crippen molar-refractivity contribution in [2.45, 2.75) is 6.42 Å². The normalized spacial score (nSPS) is 14.8. The summed E-state index contributed by atoms with van der Waals surface area (Å²) < 4.78 is 16.4. The van der Waals surface area contributed by atoms with E-state index in [9.17, 15) is 4.79 Å². The monoisotopic (exact) mass is 331 g/mol. The van der Waals surface area contributed by atoms with Gasteiger partial charge in [-0.05, 0) is 23.8 Å². The number of rotatable bonds is 2. The van der Waals surface area contributed by atoms with Crippen LogP contribution in [0.25, 0.3) is 0 Å². The molecule has 0 unspecified atom stereocenters. The molecule has 0 aliphatic carbocycles. The van der Waals surface area contributed by atoms with Gasteiger partial charge in [-0.15, -0.1) is 0 Å². The van der Waals surface area contributed by atoms with Gasteiger partial charge in [0.15, 0.2) is 11.5 Å². The molecule has 2 aliphatic rings. The maximum Gasteiger partial charge on any atom is 0.255 e. The summed E-state index contributed by atoms with van der Waals surface area (Å²) in [6.07, 6.45) is 0.821. The topological polar surface area (TPSA) is 56.8 Å². The molecular weight excluding hydrogens is 318 g/mol. The number of nitrogens with one attached hydrogen (secondary N) is 1. The summed E-state index contributed by atoms with van der Waals surface area (Å²) in [5.41, 5.74) is 2.11. The van der Waals surface area contributed by atoms with Crippen LogP contribution in [0.4, 0.5) is 5.69 Å². The highest BCUT2D eigenvalue weighted by Crippen LogP contribution is 2.38. The molecule has 4 rings (SSSR count). The summed E-state index contributed by atoms with van der Waals surface area (Å²) in [6, 6.07) is 8.76. The molecule has 0 atom stereocenters. The van der Waals surface area contributed by atoms with Gasteiger partial charge in [0.1, 0.15) is 19.0 Å². The van der Waals surface area contributed by atoms with Gasteiger partial charge in [-0.1, -0.05) is 11.6 Å². The third kappa shape index (κ3) is 2.68. The minimum absolute atomic E-state index is 0.224. The standard InChI is InChI=1S/C17H14ClNO4/c18-12-8-15-16(23-6-5-22-15)9-13(12)19-17(20)11-1-2-14-10(7-11)3-4-21-14/h1-2,7-9H,3-6H2,(H,19,20). The zero-order valence-corrected chi connectivity index (χ0v) is 13.0. The van der Waals surface area contributed by atoms with Crippen molar-refractivity contribution < 1.29 is 19.0 Å². The molecule has 0 radical (unpaired) electrons. The fraction of sp³-hybridized carbons (Fsp3) is 0.235. The van der Waals surface area contributed by atoms with E-state index in [0.29, 0.717) is 47.6 Å². The first-order valence-electron chi connectivity index (χ1n) is 7.37. The Labute approximate surface area is 138 Å². The second kappa shape index (κ2) is 5.66. The van der Waals surface area contributed by atoms with Crippen LogP contribution in [0.5, 0.6) is 17.2 Å². The molecule has 118 valence electrons. The van der Waals surface area contributed by atoms with E-state index in [1.54, 1.807) is 18.2 Å². The molecule has 0 bridgehead atoms. The molecule has 0 spiro atoms. The van der Waals surface area contributed by atoms with E-state index in [1.807, 2.05) is 12.1 Å². The summed E-state index contributed by atoms with van der Waals surface area (Å²) in [7, 11) is 0. The van der Waals surface area contributed by atoms with Gasteiger partial charge < -0.3 is 19.5 Å². The molecule has 0 fully saturated rings. The van der Waals surface area contributed by atoms with Gasteiger partial charge in [-0.3, -0.25) is 4.79 Å². The van der Waals surface area contributed by atoms with E-state index in [1.165, 1.54) is 0 Å². The summed E-state index contributed by atoms with van der Waals surface area (Å²) in [5.74, 6) is 1.80. The molecule has 2 aromatic carbocycles. The number of carbonyl (C=O) groups excluding carboxylic acids is 1. The van der Waals surface area contributed by atoms with E-state index >= 15 is 0 Å². The number of benzene rings is 2. The van der Waals surface area contributed by atoms with Crippen LogP contribution in [-0.4, -0.2) is 25.7 Å². The first-order valence-corrected chi connectivity index (χ1v) is 7.75. The van der Waals surface area contributed by atoms with Gasteiger partial charge in [0.05, 0.1) is 17.3 Å². The lowest BCUT2D eigenvalue weighted by atomic mass is 10.1. The van der Waals surface area contributed by atoms with Crippen LogP contribution in [0, 0.1) is 0 Å². The molecule has 23 heavy (non-hydrogen) atoms. The Balaban J connectivity index is 1.59. The van der Waals surface area contributed by atoms with Gasteiger partial charge in [0.2, 0.25) is 0 Å². The smallest absolute Gasteiger partial charge is 0.255 e. The Morgan fingerprint density at radius 2 is 1.70 bits per heavy atom. The van der Waals surface area contributed by atoms with Crippen LogP contribution >= 0.6 is 11.6 Å². The van der Waals surface area contributed by atoms with Gasteiger partial charge >= 0.3 is 0 Å². The number of hydrogen-bond acceptors (Lipinski definition) is 4. The second-order valence-electron chi connectivity index (χ2n) is 5.35. The molecule has 0 aromatic heterocycles. The fourth-order valence-electron chi connectivity index (χ4n) is 2.68. The lowest BCUT2D eigenvalue weighted by Crippen LogP contribution is -2.17. The van der Waals surface area contributed by atoms with Crippen molar-refractivity contribution in [3.8, 4) is 17.2 Å². The number of halogens is 1. The van der Waals surface area contributed by atoms with Crippen LogP contribution in [0.15, 0.2) is 30.3 Å². The van der Waals surface area contributed by atoms with Crippen molar-refractivity contribution in [2.24, 2.45) is 0 Å². The van der Waals surface area contributed by atoms with Gasteiger partial charge in [-0.2, -0.15) is 0 Å². The van der Waals surface area contributed by atoms with Crippen molar-refractivity contribution in [2.75, 3.05) is 25.1 Å². The molecule has 5 nitrogen and oxygen atoms in total. The van der Waals surface area contributed by atoms with Gasteiger partial charge in [0.25, 0.3) is 5.91 Å². The average molecular weight is 332 g/mol. The first kappa shape index (κ1) is 14.2. The number of hydrogen-bond donors (Lipinski definition) is 1. The molecule has 2 aliphatic heterocycles. The van der Waals surface area contributed by atoms with E-state index in [0.717, 1.165) is 17.7 Å². The Kier molecular flexibility index (Phi) is 3.50. The van der Waals surface area contributed by atoms with Crippen molar-refractivity contribution in [1.29, 1.82) is 0 Å². The predicted molar refractivity (Wildman–Crippen MR) is 86.0 cm³/mol. The zero-order chi connectivity index (χ0) is 15.8. The molecule has 6 heteroatoms. The third-order valence-corrected chi connectivity index (χ3v) is 4.14. The van der Waals surface area contributed by atoms with Crippen LogP contribution in [0.2, 0.25) is 5.02 Å². The Morgan fingerprint density at radius 3 is 2.52 bits per heavy atom. The second-order valence-corrected chi connectivity index (χ2v) is 5.76. The number of fused-ring (bicyclic) bond motifs is 2. The minimum atomic E-state index is -0.224. The van der Waals surface area contributed by atoms with Gasteiger partial charge in [-0.25, -0.2) is 0 Å². The number of anilines is 1. The summed E-state index contributed by atoms with van der Waals surface area (Å²) in [6.45, 7) is 1.63. The largest absolute Gasteiger partial charge is 0.493 e. The van der Waals surface area contributed by atoms with Crippen LogP contribution in [-0.2, 0) is 6.42 Å². The number of ether oxygens (including phenoxy) is 3. The molecule has 2 aromatic rings. The van der Waals surface area contributed by atoms with E-state index < -0.39 is 0 Å². The molecule has 0 saturated heterocycles. The molecule has 1 amide bonds. The van der Waals surface area contributed by atoms with E-state index in [-0.39, 0.29) is 5.91 Å². The van der Waals surface area contributed by atoms with Crippen molar-refractivity contribution in [1.82, 2.24) is 0 Å². The number of amides is 1. The minimum Gasteiger partial charge on any atom is -0.493 e. The zero-order valence-electron chi connectivity index (χ0n) is 12.2. The van der Waals surface area contributed by atoms with Crippen molar-refractivity contribution in [3.63, 3.8) is 0 Å². The Bertz CT molecular complexity index is 790. The van der Waals surface area contributed by atoms with Crippen LogP contribution in [0.3, 0.4) is 0 Å². The maximum absolute atomic E-state index is 12.5. The quantitative estimate of drug-likeness (QED) is 0.917. The predicted octanol–water partition coefficient (Wildman–Crippen LogP) is 3.30. The van der Waals surface area contributed by atoms with Crippen molar-refractivity contribution >= 4 is 23.2 Å². The third-order valence-electron chi connectivity index (χ3n) is 3.83. The molecule has 1 N–H and O–H groups in total. The fourth-order valence-corrected chi connectivity index (χ4v) is 2.88.